The molecule has 1 aromatic rings. The molecule has 0 bridgehead atoms. The lowest BCUT2D eigenvalue weighted by Gasteiger charge is -2.15. The maximum absolute atomic E-state index is 9.74. The van der Waals surface area contributed by atoms with Gasteiger partial charge in [0.05, 0.1) is 18.5 Å². The molecule has 76 valence electrons. The Labute approximate surface area is 81.5 Å². The first-order valence-corrected chi connectivity index (χ1v) is 4.43. The van der Waals surface area contributed by atoms with E-state index in [0.717, 1.165) is 0 Å². The first-order valence-electron chi connectivity index (χ1n) is 4.43. The van der Waals surface area contributed by atoms with Crippen LogP contribution in [-0.2, 0) is 0 Å². The minimum atomic E-state index is -0.493. The van der Waals surface area contributed by atoms with E-state index in [-0.39, 0.29) is 12.0 Å². The third kappa shape index (κ3) is 1.44. The van der Waals surface area contributed by atoms with E-state index in [1.165, 1.54) is 0 Å². The molecule has 14 heavy (non-hydrogen) atoms. The lowest BCUT2D eigenvalue weighted by atomic mass is 10.2. The molecule has 6 heteroatoms. The monoisotopic (exact) mass is 195 g/mol. The number of nitrogens with zero attached hydrogens (tertiary/aromatic N) is 3. The van der Waals surface area contributed by atoms with E-state index in [1.807, 2.05) is 4.57 Å². The molecular formula is C8H13N5O. The van der Waals surface area contributed by atoms with Gasteiger partial charge in [-0.2, -0.15) is 0 Å². The van der Waals surface area contributed by atoms with Gasteiger partial charge in [0.15, 0.2) is 5.96 Å². The van der Waals surface area contributed by atoms with Gasteiger partial charge in [0.2, 0.25) is 0 Å². The zero-order chi connectivity index (χ0) is 10.1. The van der Waals surface area contributed by atoms with Crippen molar-refractivity contribution in [2.24, 2.45) is 5.73 Å². The zero-order valence-electron chi connectivity index (χ0n) is 7.67. The molecule has 1 saturated heterocycles. The van der Waals surface area contributed by atoms with Crippen molar-refractivity contribution >= 4 is 5.96 Å². The highest BCUT2D eigenvalue weighted by Gasteiger charge is 2.32. The molecule has 0 spiro atoms. The molecule has 0 saturated carbocycles. The van der Waals surface area contributed by atoms with Gasteiger partial charge < -0.3 is 20.3 Å². The summed E-state index contributed by atoms with van der Waals surface area (Å²) in [6.07, 6.45) is 4.64. The number of β-amino-alcohol motifs (C(OH)–C–C–N with tert-alkyl or cyclic N) is 1. The average Bonchev–Trinajstić information content (AvgIpc) is 2.71. The summed E-state index contributed by atoms with van der Waals surface area (Å²) in [6.45, 7) is 0.977. The molecule has 0 aromatic carbocycles. The number of imidazole rings is 1. The normalized spacial score (nSPS) is 26.8. The summed E-state index contributed by atoms with van der Waals surface area (Å²) in [5.74, 6) is 0.00617. The van der Waals surface area contributed by atoms with Crippen LogP contribution in [0.15, 0.2) is 18.7 Å². The Balaban J connectivity index is 2.12. The van der Waals surface area contributed by atoms with Crippen LogP contribution in [0.1, 0.15) is 6.04 Å². The van der Waals surface area contributed by atoms with Gasteiger partial charge in [-0.15, -0.1) is 0 Å². The number of hydrogen-bond acceptors (Lipinski definition) is 3. The van der Waals surface area contributed by atoms with Crippen molar-refractivity contribution in [1.29, 1.82) is 5.41 Å². The number of likely N-dealkylation sites (tertiary alicyclic amines) is 1. The fraction of sp³-hybridized carbons (Fsp3) is 0.500. The highest BCUT2D eigenvalue weighted by atomic mass is 16.3. The Hall–Kier alpha value is -1.56. The van der Waals surface area contributed by atoms with Gasteiger partial charge in [-0.25, -0.2) is 4.98 Å². The molecule has 0 amide bonds. The van der Waals surface area contributed by atoms with Gasteiger partial charge in [-0.1, -0.05) is 0 Å². The number of aliphatic hydroxyl groups is 1. The van der Waals surface area contributed by atoms with E-state index >= 15 is 0 Å². The van der Waals surface area contributed by atoms with Crippen molar-refractivity contribution in [3.05, 3.63) is 18.7 Å². The van der Waals surface area contributed by atoms with Crippen LogP contribution in [0.3, 0.4) is 0 Å². The molecule has 0 unspecified atom stereocenters. The summed E-state index contributed by atoms with van der Waals surface area (Å²) in [5, 5.41) is 17.0. The minimum absolute atomic E-state index is 0.00617. The van der Waals surface area contributed by atoms with Crippen molar-refractivity contribution < 1.29 is 5.11 Å². The predicted molar refractivity (Wildman–Crippen MR) is 50.8 cm³/mol. The summed E-state index contributed by atoms with van der Waals surface area (Å²) in [7, 11) is 0. The quantitative estimate of drug-likeness (QED) is 0.395. The van der Waals surface area contributed by atoms with Crippen LogP contribution in [0, 0.1) is 5.41 Å². The number of nitrogens with two attached hydrogens (primary N) is 1. The molecule has 0 radical (unpaired) electrons. The van der Waals surface area contributed by atoms with E-state index in [1.54, 1.807) is 23.6 Å². The Morgan fingerprint density at radius 2 is 2.36 bits per heavy atom. The predicted octanol–water partition coefficient (Wildman–Crippen LogP) is -1.01. The Morgan fingerprint density at radius 3 is 2.86 bits per heavy atom. The highest BCUT2D eigenvalue weighted by molar-refractivity contribution is 5.75. The molecule has 4 N–H and O–H groups in total. The summed E-state index contributed by atoms with van der Waals surface area (Å²) in [5.41, 5.74) is 5.35. The lowest BCUT2D eigenvalue weighted by Crippen LogP contribution is -2.35. The van der Waals surface area contributed by atoms with Crippen molar-refractivity contribution in [3.8, 4) is 0 Å². The van der Waals surface area contributed by atoms with Crippen LogP contribution in [0.5, 0.6) is 0 Å². The number of guanidine groups is 1. The Morgan fingerprint density at radius 1 is 1.57 bits per heavy atom. The standard InChI is InChI=1S/C8H13N5O/c9-8(10)13-3-6(7(14)4-13)12-2-1-11-5-12/h1-2,5-7,14H,3-4H2,(H3,9,10)/t6-,7+/m1/s1. The maximum Gasteiger partial charge on any atom is 0.188 e. The molecule has 2 atom stereocenters. The molecule has 6 nitrogen and oxygen atoms in total. The number of nitrogens with one attached hydrogen (secondary N) is 1. The smallest absolute Gasteiger partial charge is 0.188 e. The second kappa shape index (κ2) is 3.30. The van der Waals surface area contributed by atoms with Crippen molar-refractivity contribution in [2.45, 2.75) is 12.1 Å². The Bertz CT molecular complexity index is 322. The number of aliphatic hydroxyl groups excluding tert-OH is 1. The molecule has 1 aliphatic rings. The Kier molecular flexibility index (Phi) is 2.12. The van der Waals surface area contributed by atoms with Crippen molar-refractivity contribution in [3.63, 3.8) is 0 Å². The van der Waals surface area contributed by atoms with Gasteiger partial charge in [0.25, 0.3) is 0 Å². The maximum atomic E-state index is 9.74. The van der Waals surface area contributed by atoms with E-state index in [4.69, 9.17) is 11.1 Å². The van der Waals surface area contributed by atoms with Crippen LogP contribution >= 0.6 is 0 Å². The number of aromatic nitrogens is 2. The molecule has 2 rings (SSSR count). The van der Waals surface area contributed by atoms with Crippen LogP contribution in [0.2, 0.25) is 0 Å². The van der Waals surface area contributed by atoms with E-state index in [9.17, 15) is 5.11 Å². The van der Waals surface area contributed by atoms with Crippen LogP contribution in [-0.4, -0.2) is 44.7 Å². The first-order chi connectivity index (χ1) is 6.68. The third-order valence-electron chi connectivity index (χ3n) is 2.51. The van der Waals surface area contributed by atoms with Crippen molar-refractivity contribution in [1.82, 2.24) is 14.5 Å². The molecule has 0 aliphatic carbocycles. The molecule has 2 heterocycles. The van der Waals surface area contributed by atoms with E-state index in [2.05, 4.69) is 4.98 Å². The van der Waals surface area contributed by atoms with Gasteiger partial charge in [0.1, 0.15) is 0 Å². The van der Waals surface area contributed by atoms with Crippen LogP contribution in [0.25, 0.3) is 0 Å². The molecule has 1 aliphatic heterocycles. The van der Waals surface area contributed by atoms with Gasteiger partial charge in [-0.05, 0) is 0 Å². The SMILES string of the molecule is N=C(N)N1C[C@@H](n2ccnc2)[C@@H](O)C1. The zero-order valence-corrected chi connectivity index (χ0v) is 7.67. The summed E-state index contributed by atoms with van der Waals surface area (Å²) in [4.78, 5) is 5.57. The molecule has 1 fully saturated rings. The highest BCUT2D eigenvalue weighted by Crippen LogP contribution is 2.21. The lowest BCUT2D eigenvalue weighted by molar-refractivity contribution is 0.148. The van der Waals surface area contributed by atoms with Crippen LogP contribution in [0.4, 0.5) is 0 Å². The number of rotatable bonds is 1. The minimum Gasteiger partial charge on any atom is -0.389 e. The topological polar surface area (TPSA) is 91.2 Å². The first kappa shape index (κ1) is 9.01. The van der Waals surface area contributed by atoms with Gasteiger partial charge >= 0.3 is 0 Å². The largest absolute Gasteiger partial charge is 0.389 e. The fourth-order valence-electron chi connectivity index (χ4n) is 1.72. The van der Waals surface area contributed by atoms with Crippen LogP contribution < -0.4 is 5.73 Å². The third-order valence-corrected chi connectivity index (χ3v) is 2.51. The molecule has 1 aromatic heterocycles. The summed E-state index contributed by atoms with van der Waals surface area (Å²) < 4.78 is 1.84. The summed E-state index contributed by atoms with van der Waals surface area (Å²) >= 11 is 0. The molecular weight excluding hydrogens is 182 g/mol. The van der Waals surface area contributed by atoms with Gasteiger partial charge in [-0.3, -0.25) is 5.41 Å². The second-order valence-corrected chi connectivity index (χ2v) is 3.43. The van der Waals surface area contributed by atoms with E-state index < -0.39 is 6.10 Å². The second-order valence-electron chi connectivity index (χ2n) is 3.43. The average molecular weight is 195 g/mol. The van der Waals surface area contributed by atoms with Crippen molar-refractivity contribution in [2.75, 3.05) is 13.1 Å². The van der Waals surface area contributed by atoms with Gasteiger partial charge in [0, 0.05) is 25.5 Å². The summed E-state index contributed by atoms with van der Waals surface area (Å²) in [6, 6.07) is -0.0543. The fourth-order valence-corrected chi connectivity index (χ4v) is 1.72. The number of hydrogen-bond donors (Lipinski definition) is 3. The van der Waals surface area contributed by atoms with E-state index in [0.29, 0.717) is 13.1 Å².